The van der Waals surface area contributed by atoms with Crippen molar-refractivity contribution in [2.24, 2.45) is 0 Å². The summed E-state index contributed by atoms with van der Waals surface area (Å²) in [5.74, 6) is 0.872. The molecule has 1 N–H and O–H groups in total. The molecular formula is C22H29N3O2. The number of piperazine rings is 1. The lowest BCUT2D eigenvalue weighted by Gasteiger charge is -2.34. The molecule has 0 atom stereocenters. The molecule has 2 amide bonds. The van der Waals surface area contributed by atoms with E-state index in [2.05, 4.69) is 41.4 Å². The molecule has 3 rings (SSSR count). The summed E-state index contributed by atoms with van der Waals surface area (Å²) < 4.78 is 5.36. The highest BCUT2D eigenvalue weighted by Crippen LogP contribution is 2.17. The summed E-state index contributed by atoms with van der Waals surface area (Å²) in [7, 11) is 1.67. The average Bonchev–Trinajstić information content (AvgIpc) is 2.70. The highest BCUT2D eigenvalue weighted by Gasteiger charge is 2.20. The van der Waals surface area contributed by atoms with Crippen molar-refractivity contribution in [1.29, 1.82) is 0 Å². The second-order valence-electron chi connectivity index (χ2n) is 7.04. The van der Waals surface area contributed by atoms with Crippen LogP contribution in [0, 0.1) is 6.92 Å². The van der Waals surface area contributed by atoms with Gasteiger partial charge in [0.05, 0.1) is 7.11 Å². The number of hydrogen-bond donors (Lipinski definition) is 1. The van der Waals surface area contributed by atoms with Crippen LogP contribution in [0.5, 0.6) is 5.75 Å². The van der Waals surface area contributed by atoms with E-state index < -0.39 is 0 Å². The Balaban J connectivity index is 1.40. The first-order valence-electron chi connectivity index (χ1n) is 9.58. The molecule has 27 heavy (non-hydrogen) atoms. The van der Waals surface area contributed by atoms with Gasteiger partial charge in [0.15, 0.2) is 0 Å². The predicted molar refractivity (Wildman–Crippen MR) is 108 cm³/mol. The molecule has 1 aliphatic heterocycles. The van der Waals surface area contributed by atoms with Gasteiger partial charge >= 0.3 is 6.03 Å². The normalized spacial score (nSPS) is 14.8. The minimum absolute atomic E-state index is 0.0277. The summed E-state index contributed by atoms with van der Waals surface area (Å²) in [5.41, 5.74) is 3.73. The number of rotatable bonds is 6. The minimum atomic E-state index is 0.0277. The average molecular weight is 367 g/mol. The Kier molecular flexibility index (Phi) is 6.71. The third kappa shape index (κ3) is 5.47. The lowest BCUT2D eigenvalue weighted by atomic mass is 10.1. The van der Waals surface area contributed by atoms with Gasteiger partial charge in [-0.15, -0.1) is 0 Å². The number of aryl methyl sites for hydroxylation is 1. The number of amides is 2. The van der Waals surface area contributed by atoms with Crippen LogP contribution in [0.25, 0.3) is 0 Å². The Morgan fingerprint density at radius 3 is 2.44 bits per heavy atom. The molecule has 1 saturated heterocycles. The SMILES string of the molecule is COc1ccccc1CCNC(=O)N1CCN(Cc2ccc(C)cc2)CC1. The molecule has 0 spiro atoms. The van der Waals surface area contributed by atoms with Gasteiger partial charge in [-0.25, -0.2) is 4.79 Å². The molecular weight excluding hydrogens is 338 g/mol. The lowest BCUT2D eigenvalue weighted by Crippen LogP contribution is -2.51. The van der Waals surface area contributed by atoms with Crippen molar-refractivity contribution in [2.45, 2.75) is 19.9 Å². The van der Waals surface area contributed by atoms with Gasteiger partial charge in [0.2, 0.25) is 0 Å². The molecule has 144 valence electrons. The molecule has 2 aromatic rings. The molecule has 2 aromatic carbocycles. The van der Waals surface area contributed by atoms with Crippen LogP contribution >= 0.6 is 0 Å². The van der Waals surface area contributed by atoms with E-state index in [1.165, 1.54) is 11.1 Å². The van der Waals surface area contributed by atoms with Crippen LogP contribution in [-0.4, -0.2) is 55.7 Å². The number of urea groups is 1. The van der Waals surface area contributed by atoms with Gasteiger partial charge in [0.25, 0.3) is 0 Å². The molecule has 0 radical (unpaired) electrons. The zero-order valence-electron chi connectivity index (χ0n) is 16.3. The Morgan fingerprint density at radius 1 is 1.04 bits per heavy atom. The molecule has 0 aromatic heterocycles. The van der Waals surface area contributed by atoms with Gasteiger partial charge in [0, 0.05) is 39.3 Å². The fraction of sp³-hybridized carbons (Fsp3) is 0.409. The summed E-state index contributed by atoms with van der Waals surface area (Å²) in [6.07, 6.45) is 0.767. The number of para-hydroxylation sites is 1. The van der Waals surface area contributed by atoms with Crippen LogP contribution in [-0.2, 0) is 13.0 Å². The molecule has 1 aliphatic rings. The van der Waals surface area contributed by atoms with E-state index in [9.17, 15) is 4.79 Å². The van der Waals surface area contributed by atoms with Crippen molar-refractivity contribution < 1.29 is 9.53 Å². The van der Waals surface area contributed by atoms with Crippen molar-refractivity contribution in [1.82, 2.24) is 15.1 Å². The van der Waals surface area contributed by atoms with Crippen molar-refractivity contribution >= 4 is 6.03 Å². The van der Waals surface area contributed by atoms with E-state index in [1.54, 1.807) is 7.11 Å². The van der Waals surface area contributed by atoms with Crippen LogP contribution in [0.4, 0.5) is 4.79 Å². The largest absolute Gasteiger partial charge is 0.496 e. The Bertz CT molecular complexity index is 737. The van der Waals surface area contributed by atoms with Gasteiger partial charge in [-0.1, -0.05) is 48.0 Å². The topological polar surface area (TPSA) is 44.8 Å². The maximum Gasteiger partial charge on any atom is 0.317 e. The lowest BCUT2D eigenvalue weighted by molar-refractivity contribution is 0.135. The Hall–Kier alpha value is -2.53. The van der Waals surface area contributed by atoms with E-state index in [1.807, 2.05) is 29.2 Å². The first-order chi connectivity index (χ1) is 13.2. The first-order valence-corrected chi connectivity index (χ1v) is 9.58. The van der Waals surface area contributed by atoms with Gasteiger partial charge in [0.1, 0.15) is 5.75 Å². The van der Waals surface area contributed by atoms with Gasteiger partial charge < -0.3 is 15.0 Å². The van der Waals surface area contributed by atoms with Crippen LogP contribution in [0.2, 0.25) is 0 Å². The summed E-state index contributed by atoms with van der Waals surface area (Å²) in [6.45, 7) is 7.03. The number of nitrogens with one attached hydrogen (secondary N) is 1. The monoisotopic (exact) mass is 367 g/mol. The smallest absolute Gasteiger partial charge is 0.317 e. The van der Waals surface area contributed by atoms with Crippen molar-refractivity contribution in [3.63, 3.8) is 0 Å². The number of carbonyl (C=O) groups is 1. The molecule has 0 saturated carbocycles. The fourth-order valence-corrected chi connectivity index (χ4v) is 3.39. The minimum Gasteiger partial charge on any atom is -0.496 e. The summed E-state index contributed by atoms with van der Waals surface area (Å²) in [4.78, 5) is 16.7. The number of benzene rings is 2. The van der Waals surface area contributed by atoms with Crippen LogP contribution in [0.1, 0.15) is 16.7 Å². The Labute approximate surface area is 161 Å². The summed E-state index contributed by atoms with van der Waals surface area (Å²) >= 11 is 0. The maximum atomic E-state index is 12.4. The van der Waals surface area contributed by atoms with E-state index >= 15 is 0 Å². The fourth-order valence-electron chi connectivity index (χ4n) is 3.39. The van der Waals surface area contributed by atoms with Crippen molar-refractivity contribution in [3.05, 3.63) is 65.2 Å². The van der Waals surface area contributed by atoms with Gasteiger partial charge in [-0.05, 0) is 30.5 Å². The maximum absolute atomic E-state index is 12.4. The number of nitrogens with zero attached hydrogens (tertiary/aromatic N) is 2. The first kappa shape index (κ1) is 19.2. The number of hydrogen-bond acceptors (Lipinski definition) is 3. The number of ether oxygens (including phenoxy) is 1. The van der Waals surface area contributed by atoms with Gasteiger partial charge in [-0.3, -0.25) is 4.90 Å². The van der Waals surface area contributed by atoms with E-state index in [0.717, 1.165) is 50.5 Å². The summed E-state index contributed by atoms with van der Waals surface area (Å²) in [6, 6.07) is 16.6. The third-order valence-corrected chi connectivity index (χ3v) is 5.05. The van der Waals surface area contributed by atoms with E-state index in [4.69, 9.17) is 4.74 Å². The predicted octanol–water partition coefficient (Wildman–Crippen LogP) is 3.07. The molecule has 0 aliphatic carbocycles. The van der Waals surface area contributed by atoms with E-state index in [0.29, 0.717) is 6.54 Å². The Morgan fingerprint density at radius 2 is 1.74 bits per heavy atom. The zero-order valence-corrected chi connectivity index (χ0v) is 16.3. The van der Waals surface area contributed by atoms with Crippen LogP contribution in [0.15, 0.2) is 48.5 Å². The summed E-state index contributed by atoms with van der Waals surface area (Å²) in [5, 5.41) is 3.04. The quantitative estimate of drug-likeness (QED) is 0.853. The van der Waals surface area contributed by atoms with Gasteiger partial charge in [-0.2, -0.15) is 0 Å². The zero-order chi connectivity index (χ0) is 19.1. The standard InChI is InChI=1S/C22H29N3O2/c1-18-7-9-19(10-8-18)17-24-13-15-25(16-14-24)22(26)23-12-11-20-5-3-4-6-21(20)27-2/h3-10H,11-17H2,1-2H3,(H,23,26). The number of carbonyl (C=O) groups excluding carboxylic acids is 1. The van der Waals surface area contributed by atoms with E-state index in [-0.39, 0.29) is 6.03 Å². The second-order valence-corrected chi connectivity index (χ2v) is 7.04. The molecule has 0 bridgehead atoms. The second kappa shape index (κ2) is 9.42. The third-order valence-electron chi connectivity index (χ3n) is 5.05. The molecule has 5 nitrogen and oxygen atoms in total. The molecule has 0 unspecified atom stereocenters. The molecule has 5 heteroatoms. The molecule has 1 heterocycles. The van der Waals surface area contributed by atoms with Crippen LogP contribution in [0.3, 0.4) is 0 Å². The molecule has 1 fully saturated rings. The highest BCUT2D eigenvalue weighted by molar-refractivity contribution is 5.74. The van der Waals surface area contributed by atoms with Crippen LogP contribution < -0.4 is 10.1 Å². The van der Waals surface area contributed by atoms with Crippen molar-refractivity contribution in [3.8, 4) is 5.75 Å². The van der Waals surface area contributed by atoms with Crippen molar-refractivity contribution in [2.75, 3.05) is 39.8 Å². The number of methoxy groups -OCH3 is 1. The highest BCUT2D eigenvalue weighted by atomic mass is 16.5.